The van der Waals surface area contributed by atoms with Crippen LogP contribution in [0.1, 0.15) is 40.5 Å². The van der Waals surface area contributed by atoms with Crippen molar-refractivity contribution >= 4 is 22.6 Å². The summed E-state index contributed by atoms with van der Waals surface area (Å²) in [5.74, 6) is -3.14. The maximum absolute atomic E-state index is 15.5. The van der Waals surface area contributed by atoms with Crippen molar-refractivity contribution in [3.05, 3.63) is 57.1 Å². The van der Waals surface area contributed by atoms with Crippen molar-refractivity contribution in [3.8, 4) is 0 Å². The number of benzene rings is 1. The van der Waals surface area contributed by atoms with Gasteiger partial charge in [-0.15, -0.1) is 0 Å². The molecule has 9 heteroatoms. The predicted molar refractivity (Wildman–Crippen MR) is 91.8 cm³/mol. The van der Waals surface area contributed by atoms with E-state index in [9.17, 15) is 19.1 Å². The number of H-pyrrole nitrogens is 1. The van der Waals surface area contributed by atoms with Gasteiger partial charge in [-0.25, -0.2) is 13.6 Å². The number of aromatic amines is 1. The third-order valence-electron chi connectivity index (χ3n) is 5.19. The highest BCUT2D eigenvalue weighted by Gasteiger charge is 2.32. The van der Waals surface area contributed by atoms with Gasteiger partial charge < -0.3 is 14.6 Å². The van der Waals surface area contributed by atoms with Gasteiger partial charge >= 0.3 is 5.97 Å². The molecular weight excluding hydrogens is 358 g/mol. The monoisotopic (exact) mass is 372 g/mol. The Morgan fingerprint density at radius 2 is 2.07 bits per heavy atom. The molecule has 0 saturated heterocycles. The summed E-state index contributed by atoms with van der Waals surface area (Å²) in [6.45, 7) is 0.571. The SMILES string of the molecule is O=C(O)c1cn(C2CC2)c2c(F)c(N3Cc4cn[nH]c4C3)c(F)cc2c1=O. The molecule has 2 aromatic heterocycles. The fourth-order valence-electron chi connectivity index (χ4n) is 3.74. The first kappa shape index (κ1) is 16.0. The van der Waals surface area contributed by atoms with Gasteiger partial charge in [-0.1, -0.05) is 0 Å². The molecule has 0 bridgehead atoms. The molecule has 27 heavy (non-hydrogen) atoms. The summed E-state index contributed by atoms with van der Waals surface area (Å²) in [5.41, 5.74) is 0.0174. The largest absolute Gasteiger partial charge is 0.477 e. The number of hydrogen-bond donors (Lipinski definition) is 2. The topological polar surface area (TPSA) is 91.2 Å². The van der Waals surface area contributed by atoms with Crippen molar-refractivity contribution < 1.29 is 18.7 Å². The van der Waals surface area contributed by atoms with Crippen LogP contribution in [-0.2, 0) is 13.1 Å². The first-order chi connectivity index (χ1) is 13.0. The van der Waals surface area contributed by atoms with Gasteiger partial charge in [0, 0.05) is 24.3 Å². The fraction of sp³-hybridized carbons (Fsp3) is 0.278. The van der Waals surface area contributed by atoms with Crippen molar-refractivity contribution in [2.45, 2.75) is 32.0 Å². The Bertz CT molecular complexity index is 1160. The third-order valence-corrected chi connectivity index (χ3v) is 5.19. The number of pyridine rings is 1. The second-order valence-corrected chi connectivity index (χ2v) is 6.96. The minimum absolute atomic E-state index is 0.0439. The molecule has 2 aliphatic rings. The normalized spacial score (nSPS) is 16.1. The van der Waals surface area contributed by atoms with Gasteiger partial charge in [0.1, 0.15) is 17.1 Å². The molecule has 1 saturated carbocycles. The minimum Gasteiger partial charge on any atom is -0.477 e. The Morgan fingerprint density at radius 3 is 2.74 bits per heavy atom. The highest BCUT2D eigenvalue weighted by molar-refractivity contribution is 5.94. The second kappa shape index (κ2) is 5.38. The number of hydrogen-bond acceptors (Lipinski definition) is 4. The molecule has 5 rings (SSSR count). The van der Waals surface area contributed by atoms with Crippen molar-refractivity contribution in [3.63, 3.8) is 0 Å². The van der Waals surface area contributed by atoms with E-state index in [1.807, 2.05) is 0 Å². The molecule has 0 amide bonds. The Kier molecular flexibility index (Phi) is 3.19. The Balaban J connectivity index is 1.76. The van der Waals surface area contributed by atoms with Crippen LogP contribution < -0.4 is 10.3 Å². The molecule has 3 aromatic rings. The molecule has 1 aromatic carbocycles. The lowest BCUT2D eigenvalue weighted by Crippen LogP contribution is -2.23. The summed E-state index contributed by atoms with van der Waals surface area (Å²) in [7, 11) is 0. The summed E-state index contributed by atoms with van der Waals surface area (Å²) in [6.07, 6.45) is 4.30. The molecule has 1 aliphatic heterocycles. The molecule has 0 atom stereocenters. The zero-order chi connectivity index (χ0) is 18.9. The minimum atomic E-state index is -1.41. The van der Waals surface area contributed by atoms with E-state index in [2.05, 4.69) is 10.2 Å². The van der Waals surface area contributed by atoms with E-state index in [0.717, 1.165) is 30.2 Å². The Labute approximate surface area is 150 Å². The van der Waals surface area contributed by atoms with Crippen LogP contribution in [0.15, 0.2) is 23.3 Å². The molecule has 0 unspecified atom stereocenters. The zero-order valence-electron chi connectivity index (χ0n) is 14.0. The van der Waals surface area contributed by atoms with Crippen LogP contribution in [0.2, 0.25) is 0 Å². The van der Waals surface area contributed by atoms with Crippen LogP contribution in [0.5, 0.6) is 0 Å². The number of nitrogens with zero attached hydrogens (tertiary/aromatic N) is 3. The first-order valence-electron chi connectivity index (χ1n) is 8.52. The van der Waals surface area contributed by atoms with Gasteiger partial charge in [0.25, 0.3) is 0 Å². The van der Waals surface area contributed by atoms with E-state index in [1.54, 1.807) is 11.1 Å². The summed E-state index contributed by atoms with van der Waals surface area (Å²) in [6, 6.07) is 0.862. The van der Waals surface area contributed by atoms with Crippen LogP contribution in [0.25, 0.3) is 10.9 Å². The van der Waals surface area contributed by atoms with Crippen LogP contribution >= 0.6 is 0 Å². The number of anilines is 1. The average Bonchev–Trinajstić information content (AvgIpc) is 3.24. The number of nitrogens with one attached hydrogen (secondary N) is 1. The van der Waals surface area contributed by atoms with E-state index < -0.39 is 28.6 Å². The van der Waals surface area contributed by atoms with E-state index in [0.29, 0.717) is 6.54 Å². The van der Waals surface area contributed by atoms with Gasteiger partial charge in [-0.3, -0.25) is 9.89 Å². The molecule has 1 aliphatic carbocycles. The van der Waals surface area contributed by atoms with E-state index in [-0.39, 0.29) is 29.2 Å². The summed E-state index contributed by atoms with van der Waals surface area (Å²) in [5, 5.41) is 15.7. The molecule has 7 nitrogen and oxygen atoms in total. The molecule has 0 spiro atoms. The molecule has 2 N–H and O–H groups in total. The molecule has 3 heterocycles. The Hall–Kier alpha value is -3.23. The van der Waals surface area contributed by atoms with Crippen molar-refractivity contribution in [1.29, 1.82) is 0 Å². The number of aromatic nitrogens is 3. The predicted octanol–water partition coefficient (Wildman–Crippen LogP) is 2.56. The van der Waals surface area contributed by atoms with Gasteiger partial charge in [-0.05, 0) is 18.9 Å². The van der Waals surface area contributed by atoms with Crippen molar-refractivity contribution in [2.75, 3.05) is 4.90 Å². The first-order valence-corrected chi connectivity index (χ1v) is 8.52. The number of carboxylic acid groups (broad SMARTS) is 1. The molecular formula is C18H14F2N4O3. The summed E-state index contributed by atoms with van der Waals surface area (Å²) >= 11 is 0. The highest BCUT2D eigenvalue weighted by atomic mass is 19.1. The maximum atomic E-state index is 15.5. The van der Waals surface area contributed by atoms with Crippen LogP contribution in [0.4, 0.5) is 14.5 Å². The summed E-state index contributed by atoms with van der Waals surface area (Å²) < 4.78 is 31.7. The van der Waals surface area contributed by atoms with Crippen molar-refractivity contribution in [2.24, 2.45) is 0 Å². The number of halogens is 2. The van der Waals surface area contributed by atoms with E-state index in [1.165, 1.54) is 10.8 Å². The third kappa shape index (κ3) is 2.27. The zero-order valence-corrected chi connectivity index (χ0v) is 14.0. The van der Waals surface area contributed by atoms with Gasteiger partial charge in [-0.2, -0.15) is 5.10 Å². The summed E-state index contributed by atoms with van der Waals surface area (Å²) in [4.78, 5) is 25.4. The van der Waals surface area contributed by atoms with Gasteiger partial charge in [0.05, 0.1) is 29.3 Å². The quantitative estimate of drug-likeness (QED) is 0.737. The van der Waals surface area contributed by atoms with Gasteiger partial charge in [0.15, 0.2) is 5.82 Å². The van der Waals surface area contributed by atoms with Crippen LogP contribution in [-0.4, -0.2) is 25.8 Å². The van der Waals surface area contributed by atoms with Gasteiger partial charge in [0.2, 0.25) is 5.43 Å². The maximum Gasteiger partial charge on any atom is 0.341 e. The number of fused-ring (bicyclic) bond motifs is 2. The number of carbonyl (C=O) groups is 1. The second-order valence-electron chi connectivity index (χ2n) is 6.96. The standard InChI is InChI=1S/C18H14F2N4O3/c19-12-3-10-15(24(9-1-2-9)6-11(17(10)25)18(26)27)14(20)16(12)23-5-8-4-21-22-13(8)7-23/h3-4,6,9H,1-2,5,7H2,(H,21,22)(H,26,27). The van der Waals surface area contributed by atoms with Crippen molar-refractivity contribution in [1.82, 2.24) is 14.8 Å². The highest BCUT2D eigenvalue weighted by Crippen LogP contribution is 2.40. The lowest BCUT2D eigenvalue weighted by molar-refractivity contribution is 0.0695. The molecule has 1 fully saturated rings. The molecule has 0 radical (unpaired) electrons. The number of carboxylic acids is 1. The smallest absolute Gasteiger partial charge is 0.341 e. The van der Waals surface area contributed by atoms with Crippen LogP contribution in [0.3, 0.4) is 0 Å². The van der Waals surface area contributed by atoms with E-state index in [4.69, 9.17) is 0 Å². The molecule has 138 valence electrons. The van der Waals surface area contributed by atoms with E-state index >= 15 is 4.39 Å². The average molecular weight is 372 g/mol. The Morgan fingerprint density at radius 1 is 1.30 bits per heavy atom. The fourth-order valence-corrected chi connectivity index (χ4v) is 3.74. The van der Waals surface area contributed by atoms with Crippen LogP contribution in [0, 0.1) is 11.6 Å². The number of aromatic carboxylic acids is 1. The lowest BCUT2D eigenvalue weighted by atomic mass is 10.1. The number of rotatable bonds is 3. The lowest BCUT2D eigenvalue weighted by Gasteiger charge is -2.22.